The number of carboxylic acids is 1. The number of hydrogen-bond acceptors (Lipinski definition) is 2. The maximum Gasteiger partial charge on any atom is 0.326 e. The molecule has 0 aliphatic carbocycles. The van der Waals surface area contributed by atoms with Gasteiger partial charge in [-0.05, 0) is 18.9 Å². The number of amides is 2. The fraction of sp³-hybridized carbons (Fsp3) is 0.467. The van der Waals surface area contributed by atoms with E-state index in [4.69, 9.17) is 5.11 Å². The molecule has 0 radical (unpaired) electrons. The van der Waals surface area contributed by atoms with E-state index < -0.39 is 12.0 Å². The summed E-state index contributed by atoms with van der Waals surface area (Å²) >= 11 is 0. The first-order chi connectivity index (χ1) is 9.43. The number of carbonyl (C=O) groups excluding carboxylic acids is 1. The van der Waals surface area contributed by atoms with Crippen molar-refractivity contribution in [3.63, 3.8) is 0 Å². The second-order valence-electron chi connectivity index (χ2n) is 4.97. The van der Waals surface area contributed by atoms with Crippen LogP contribution in [0, 0.1) is 6.92 Å². The number of urea groups is 1. The third-order valence-corrected chi connectivity index (χ3v) is 3.06. The Morgan fingerprint density at radius 1 is 1.30 bits per heavy atom. The van der Waals surface area contributed by atoms with Crippen LogP contribution >= 0.6 is 0 Å². The molecule has 1 aromatic rings. The average molecular weight is 278 g/mol. The molecule has 0 heterocycles. The van der Waals surface area contributed by atoms with Crippen molar-refractivity contribution in [1.82, 2.24) is 10.2 Å². The van der Waals surface area contributed by atoms with Gasteiger partial charge in [-0.15, -0.1) is 0 Å². The Bertz CT molecular complexity index is 457. The highest BCUT2D eigenvalue weighted by Crippen LogP contribution is 2.06. The molecule has 1 rings (SSSR count). The van der Waals surface area contributed by atoms with Crippen LogP contribution in [0.1, 0.15) is 30.9 Å². The second-order valence-corrected chi connectivity index (χ2v) is 4.97. The van der Waals surface area contributed by atoms with Crippen LogP contribution in [0.15, 0.2) is 24.3 Å². The van der Waals surface area contributed by atoms with E-state index in [-0.39, 0.29) is 6.03 Å². The number of nitrogens with zero attached hydrogens (tertiary/aromatic N) is 1. The molecule has 0 spiro atoms. The van der Waals surface area contributed by atoms with E-state index in [9.17, 15) is 9.59 Å². The monoisotopic (exact) mass is 278 g/mol. The van der Waals surface area contributed by atoms with E-state index in [2.05, 4.69) is 5.32 Å². The zero-order chi connectivity index (χ0) is 15.1. The zero-order valence-electron chi connectivity index (χ0n) is 12.2. The van der Waals surface area contributed by atoms with Crippen molar-refractivity contribution in [3.8, 4) is 0 Å². The molecule has 0 aliphatic rings. The summed E-state index contributed by atoms with van der Waals surface area (Å²) in [6.07, 6.45) is 1.14. The van der Waals surface area contributed by atoms with Gasteiger partial charge in [0.05, 0.1) is 0 Å². The van der Waals surface area contributed by atoms with E-state index in [1.807, 2.05) is 38.1 Å². The van der Waals surface area contributed by atoms with Gasteiger partial charge in [0, 0.05) is 13.6 Å². The fourth-order valence-corrected chi connectivity index (χ4v) is 1.84. The molecule has 1 unspecified atom stereocenters. The standard InChI is InChI=1S/C15H22N2O3/c1-4-5-13(14(18)19)16-15(20)17(3)10-12-8-6-11(2)7-9-12/h6-9,13H,4-5,10H2,1-3H3,(H,16,20)(H,18,19). The Morgan fingerprint density at radius 3 is 2.40 bits per heavy atom. The zero-order valence-corrected chi connectivity index (χ0v) is 12.2. The highest BCUT2D eigenvalue weighted by atomic mass is 16.4. The lowest BCUT2D eigenvalue weighted by atomic mass is 10.1. The molecule has 20 heavy (non-hydrogen) atoms. The Kier molecular flexibility index (Phi) is 6.03. The van der Waals surface area contributed by atoms with E-state index in [0.29, 0.717) is 19.4 Å². The lowest BCUT2D eigenvalue weighted by Crippen LogP contribution is -2.46. The number of rotatable bonds is 6. The van der Waals surface area contributed by atoms with E-state index >= 15 is 0 Å². The molecule has 0 aromatic heterocycles. The minimum atomic E-state index is -0.996. The van der Waals surface area contributed by atoms with Gasteiger partial charge in [-0.25, -0.2) is 9.59 Å². The molecule has 2 amide bonds. The van der Waals surface area contributed by atoms with Crippen LogP contribution in [0.4, 0.5) is 4.79 Å². The minimum absolute atomic E-state index is 0.369. The van der Waals surface area contributed by atoms with Crippen molar-refractivity contribution in [2.24, 2.45) is 0 Å². The van der Waals surface area contributed by atoms with Crippen molar-refractivity contribution >= 4 is 12.0 Å². The molecule has 0 saturated heterocycles. The van der Waals surface area contributed by atoms with Gasteiger partial charge in [0.25, 0.3) is 0 Å². The Hall–Kier alpha value is -2.04. The van der Waals surface area contributed by atoms with Crippen molar-refractivity contribution in [3.05, 3.63) is 35.4 Å². The summed E-state index contributed by atoms with van der Waals surface area (Å²) in [6, 6.07) is 6.69. The van der Waals surface area contributed by atoms with E-state index in [1.54, 1.807) is 7.05 Å². The van der Waals surface area contributed by atoms with Crippen molar-refractivity contribution < 1.29 is 14.7 Å². The number of aliphatic carboxylic acids is 1. The first-order valence-electron chi connectivity index (χ1n) is 6.74. The second kappa shape index (κ2) is 7.53. The summed E-state index contributed by atoms with van der Waals surface area (Å²) in [5.74, 6) is -0.996. The third kappa shape index (κ3) is 4.91. The largest absolute Gasteiger partial charge is 0.480 e. The van der Waals surface area contributed by atoms with Crippen LogP contribution < -0.4 is 5.32 Å². The topological polar surface area (TPSA) is 69.6 Å². The maximum atomic E-state index is 12.0. The van der Waals surface area contributed by atoms with Crippen LogP contribution in [0.3, 0.4) is 0 Å². The predicted octanol–water partition coefficient (Wildman–Crippen LogP) is 2.39. The number of hydrogen-bond donors (Lipinski definition) is 2. The van der Waals surface area contributed by atoms with Crippen LogP contribution in [0.2, 0.25) is 0 Å². The average Bonchev–Trinajstić information content (AvgIpc) is 2.40. The Labute approximate surface area is 119 Å². The van der Waals surface area contributed by atoms with Gasteiger partial charge >= 0.3 is 12.0 Å². The number of benzene rings is 1. The van der Waals surface area contributed by atoms with Crippen molar-refractivity contribution in [2.45, 2.75) is 39.3 Å². The molecule has 0 bridgehead atoms. The summed E-state index contributed by atoms with van der Waals surface area (Å²) in [5, 5.41) is 11.6. The highest BCUT2D eigenvalue weighted by Gasteiger charge is 2.20. The number of aryl methyl sites for hydroxylation is 1. The lowest BCUT2D eigenvalue weighted by Gasteiger charge is -2.21. The maximum absolute atomic E-state index is 12.0. The van der Waals surface area contributed by atoms with E-state index in [0.717, 1.165) is 11.1 Å². The number of nitrogens with one attached hydrogen (secondary N) is 1. The van der Waals surface area contributed by atoms with Crippen molar-refractivity contribution in [1.29, 1.82) is 0 Å². The van der Waals surface area contributed by atoms with Gasteiger partial charge in [0.2, 0.25) is 0 Å². The van der Waals surface area contributed by atoms with Crippen LogP contribution in [-0.2, 0) is 11.3 Å². The molecule has 0 aliphatic heterocycles. The molecule has 5 heteroatoms. The summed E-state index contributed by atoms with van der Waals surface area (Å²) in [4.78, 5) is 24.4. The Morgan fingerprint density at radius 2 is 1.90 bits per heavy atom. The summed E-state index contributed by atoms with van der Waals surface area (Å²) in [6.45, 7) is 4.34. The molecule has 0 fully saturated rings. The van der Waals surface area contributed by atoms with Crippen LogP contribution in [-0.4, -0.2) is 35.1 Å². The predicted molar refractivity (Wildman–Crippen MR) is 77.5 cm³/mol. The fourth-order valence-electron chi connectivity index (χ4n) is 1.84. The molecule has 1 atom stereocenters. The molecule has 5 nitrogen and oxygen atoms in total. The van der Waals surface area contributed by atoms with Gasteiger partial charge < -0.3 is 15.3 Å². The summed E-state index contributed by atoms with van der Waals surface area (Å²) in [7, 11) is 1.65. The molecule has 1 aromatic carbocycles. The SMILES string of the molecule is CCCC(NC(=O)N(C)Cc1ccc(C)cc1)C(=O)O. The molecule has 0 saturated carbocycles. The van der Waals surface area contributed by atoms with Gasteiger partial charge in [-0.1, -0.05) is 43.2 Å². The van der Waals surface area contributed by atoms with Gasteiger partial charge in [-0.2, -0.15) is 0 Å². The first kappa shape index (κ1) is 16.0. The minimum Gasteiger partial charge on any atom is -0.480 e. The molecular weight excluding hydrogens is 256 g/mol. The quantitative estimate of drug-likeness (QED) is 0.839. The summed E-state index contributed by atoms with van der Waals surface area (Å²) in [5.41, 5.74) is 2.17. The smallest absolute Gasteiger partial charge is 0.326 e. The van der Waals surface area contributed by atoms with Crippen molar-refractivity contribution in [2.75, 3.05) is 7.05 Å². The normalized spacial score (nSPS) is 11.8. The van der Waals surface area contributed by atoms with E-state index in [1.165, 1.54) is 4.90 Å². The van der Waals surface area contributed by atoms with Crippen LogP contribution in [0.25, 0.3) is 0 Å². The first-order valence-corrected chi connectivity index (χ1v) is 6.74. The summed E-state index contributed by atoms with van der Waals surface area (Å²) < 4.78 is 0. The Balaban J connectivity index is 2.57. The third-order valence-electron chi connectivity index (χ3n) is 3.06. The molecule has 110 valence electrons. The lowest BCUT2D eigenvalue weighted by molar-refractivity contribution is -0.139. The number of carboxylic acid groups (broad SMARTS) is 1. The van der Waals surface area contributed by atoms with Gasteiger partial charge in [0.15, 0.2) is 0 Å². The van der Waals surface area contributed by atoms with Gasteiger partial charge in [0.1, 0.15) is 6.04 Å². The molecular formula is C15H22N2O3. The molecule has 2 N–H and O–H groups in total. The number of carbonyl (C=O) groups is 2. The van der Waals surface area contributed by atoms with Gasteiger partial charge in [-0.3, -0.25) is 0 Å². The van der Waals surface area contributed by atoms with Crippen LogP contribution in [0.5, 0.6) is 0 Å². The highest BCUT2D eigenvalue weighted by molar-refractivity contribution is 5.82.